The van der Waals surface area contributed by atoms with Crippen LogP contribution in [0.5, 0.6) is 0 Å². The zero-order valence-corrected chi connectivity index (χ0v) is 6.75. The van der Waals surface area contributed by atoms with Gasteiger partial charge in [-0.2, -0.15) is 0 Å². The molecule has 1 rings (SSSR count). The number of aromatic amines is 1. The molecule has 0 bridgehead atoms. The molecule has 0 radical (unpaired) electrons. The van der Waals surface area contributed by atoms with Crippen LogP contribution in [-0.2, 0) is 0 Å². The van der Waals surface area contributed by atoms with Gasteiger partial charge in [0.15, 0.2) is 0 Å². The first-order valence-electron chi connectivity index (χ1n) is 3.22. The van der Waals surface area contributed by atoms with Gasteiger partial charge in [-0.1, -0.05) is 0 Å². The molecule has 5 heteroatoms. The van der Waals surface area contributed by atoms with Crippen LogP contribution in [0.4, 0.5) is 5.95 Å². The molecule has 60 valence electrons. The quantitative estimate of drug-likeness (QED) is 0.594. The van der Waals surface area contributed by atoms with E-state index in [4.69, 9.17) is 0 Å². The van der Waals surface area contributed by atoms with Crippen molar-refractivity contribution in [2.75, 3.05) is 19.0 Å². The molecule has 11 heavy (non-hydrogen) atoms. The first kappa shape index (κ1) is 7.71. The highest BCUT2D eigenvalue weighted by atomic mass is 16.1. The summed E-state index contributed by atoms with van der Waals surface area (Å²) in [4.78, 5) is 15.2. The van der Waals surface area contributed by atoms with E-state index in [2.05, 4.69) is 15.2 Å². The number of nitrogens with zero attached hydrogens (tertiary/aromatic N) is 3. The summed E-state index contributed by atoms with van der Waals surface area (Å²) in [5.41, 5.74) is 0.194. The second-order valence-corrected chi connectivity index (χ2v) is 2.46. The number of hydrogen-bond donors (Lipinski definition) is 1. The second kappa shape index (κ2) is 2.69. The molecule has 0 saturated heterocycles. The fraction of sp³-hybridized carbons (Fsp3) is 0.500. The summed E-state index contributed by atoms with van der Waals surface area (Å²) >= 11 is 0. The Hall–Kier alpha value is -1.39. The van der Waals surface area contributed by atoms with Gasteiger partial charge in [-0.25, -0.2) is 0 Å². The minimum Gasteiger partial charge on any atom is -0.347 e. The first-order valence-corrected chi connectivity index (χ1v) is 3.22. The summed E-state index contributed by atoms with van der Waals surface area (Å²) in [5.74, 6) is 0.473. The highest BCUT2D eigenvalue weighted by Crippen LogP contribution is 1.93. The predicted molar refractivity (Wildman–Crippen MR) is 41.7 cm³/mol. The smallest absolute Gasteiger partial charge is 0.273 e. The highest BCUT2D eigenvalue weighted by molar-refractivity contribution is 5.23. The van der Waals surface area contributed by atoms with Crippen molar-refractivity contribution in [3.63, 3.8) is 0 Å². The molecule has 0 aromatic carbocycles. The third kappa shape index (κ3) is 1.54. The Kier molecular flexibility index (Phi) is 1.89. The monoisotopic (exact) mass is 154 g/mol. The number of hydrogen-bond acceptors (Lipinski definition) is 4. The Morgan fingerprint density at radius 3 is 2.45 bits per heavy atom. The number of aryl methyl sites for hydroxylation is 1. The van der Waals surface area contributed by atoms with Crippen molar-refractivity contribution < 1.29 is 0 Å². The molecule has 0 saturated carbocycles. The van der Waals surface area contributed by atoms with E-state index in [1.165, 1.54) is 0 Å². The van der Waals surface area contributed by atoms with E-state index in [0.29, 0.717) is 11.6 Å². The highest BCUT2D eigenvalue weighted by Gasteiger charge is 1.99. The lowest BCUT2D eigenvalue weighted by atomic mass is 10.5. The molecule has 0 spiro atoms. The summed E-state index contributed by atoms with van der Waals surface area (Å²) in [6.45, 7) is 1.62. The molecule has 1 aromatic heterocycles. The molecule has 0 unspecified atom stereocenters. The van der Waals surface area contributed by atoms with Gasteiger partial charge >= 0.3 is 0 Å². The lowest BCUT2D eigenvalue weighted by Gasteiger charge is -2.08. The zero-order valence-electron chi connectivity index (χ0n) is 6.75. The normalized spacial score (nSPS) is 9.73. The minimum absolute atomic E-state index is 0.191. The standard InChI is InChI=1S/C6H10N4O/c1-4-5(11)7-6(9-8-4)10(2)3/h1-3H3,(H,7,9,11). The van der Waals surface area contributed by atoms with Gasteiger partial charge in [0.05, 0.1) is 0 Å². The van der Waals surface area contributed by atoms with Gasteiger partial charge in [0.1, 0.15) is 5.69 Å². The fourth-order valence-electron chi connectivity index (χ4n) is 0.586. The van der Waals surface area contributed by atoms with E-state index in [1.54, 1.807) is 25.9 Å². The van der Waals surface area contributed by atoms with E-state index in [-0.39, 0.29) is 5.56 Å². The van der Waals surface area contributed by atoms with E-state index in [9.17, 15) is 4.79 Å². The molecule has 5 nitrogen and oxygen atoms in total. The Balaban J connectivity index is 3.16. The summed E-state index contributed by atoms with van der Waals surface area (Å²) in [6.07, 6.45) is 0. The zero-order chi connectivity index (χ0) is 8.43. The molecule has 1 N–H and O–H groups in total. The van der Waals surface area contributed by atoms with Crippen LogP contribution in [-0.4, -0.2) is 29.3 Å². The molecule has 0 aliphatic carbocycles. The van der Waals surface area contributed by atoms with Crippen molar-refractivity contribution in [1.29, 1.82) is 0 Å². The lowest BCUT2D eigenvalue weighted by molar-refractivity contribution is 0.859. The SMILES string of the molecule is Cc1nnc(N(C)C)[nH]c1=O. The summed E-state index contributed by atoms with van der Waals surface area (Å²) in [6, 6.07) is 0. The summed E-state index contributed by atoms with van der Waals surface area (Å²) in [7, 11) is 3.57. The van der Waals surface area contributed by atoms with Gasteiger partial charge in [-0.15, -0.1) is 10.2 Å². The lowest BCUT2D eigenvalue weighted by Crippen LogP contribution is -2.21. The molecule has 0 fully saturated rings. The van der Waals surface area contributed by atoms with Crippen LogP contribution in [0.1, 0.15) is 5.69 Å². The maximum Gasteiger partial charge on any atom is 0.273 e. The summed E-state index contributed by atoms with van der Waals surface area (Å²) < 4.78 is 0. The predicted octanol–water partition coefficient (Wildman–Crippen LogP) is -0.461. The Morgan fingerprint density at radius 2 is 2.00 bits per heavy atom. The van der Waals surface area contributed by atoms with Crippen molar-refractivity contribution >= 4 is 5.95 Å². The largest absolute Gasteiger partial charge is 0.347 e. The Labute approximate surface area is 64.1 Å². The van der Waals surface area contributed by atoms with E-state index in [1.807, 2.05) is 0 Å². The van der Waals surface area contributed by atoms with Crippen LogP contribution in [0, 0.1) is 6.92 Å². The topological polar surface area (TPSA) is 61.9 Å². The number of rotatable bonds is 1. The minimum atomic E-state index is -0.191. The van der Waals surface area contributed by atoms with Crippen LogP contribution >= 0.6 is 0 Å². The fourth-order valence-corrected chi connectivity index (χ4v) is 0.586. The number of anilines is 1. The molecule has 1 aromatic rings. The van der Waals surface area contributed by atoms with Crippen LogP contribution in [0.3, 0.4) is 0 Å². The van der Waals surface area contributed by atoms with Gasteiger partial charge in [0.25, 0.3) is 5.56 Å². The Morgan fingerprint density at radius 1 is 1.36 bits per heavy atom. The van der Waals surface area contributed by atoms with Gasteiger partial charge < -0.3 is 4.90 Å². The average Bonchev–Trinajstić information content (AvgIpc) is 1.94. The number of nitrogens with one attached hydrogen (secondary N) is 1. The van der Waals surface area contributed by atoms with Crippen molar-refractivity contribution in [2.45, 2.75) is 6.92 Å². The molecule has 0 aliphatic heterocycles. The van der Waals surface area contributed by atoms with Crippen molar-refractivity contribution in [2.24, 2.45) is 0 Å². The van der Waals surface area contributed by atoms with Crippen molar-refractivity contribution in [3.05, 3.63) is 16.0 Å². The maximum absolute atomic E-state index is 11.0. The maximum atomic E-state index is 11.0. The summed E-state index contributed by atoms with van der Waals surface area (Å²) in [5, 5.41) is 7.42. The Bertz CT molecular complexity index is 304. The van der Waals surface area contributed by atoms with Crippen LogP contribution in [0.25, 0.3) is 0 Å². The number of aromatic nitrogens is 3. The van der Waals surface area contributed by atoms with Gasteiger partial charge in [0, 0.05) is 14.1 Å². The molecule has 0 atom stereocenters. The van der Waals surface area contributed by atoms with E-state index < -0.39 is 0 Å². The third-order valence-electron chi connectivity index (χ3n) is 1.27. The van der Waals surface area contributed by atoms with Gasteiger partial charge in [0.2, 0.25) is 5.95 Å². The third-order valence-corrected chi connectivity index (χ3v) is 1.27. The van der Waals surface area contributed by atoms with Gasteiger partial charge in [-0.3, -0.25) is 9.78 Å². The first-order chi connectivity index (χ1) is 5.11. The van der Waals surface area contributed by atoms with Crippen LogP contribution in [0.15, 0.2) is 4.79 Å². The second-order valence-electron chi connectivity index (χ2n) is 2.46. The van der Waals surface area contributed by atoms with E-state index in [0.717, 1.165) is 0 Å². The number of H-pyrrole nitrogens is 1. The molecule has 0 aliphatic rings. The van der Waals surface area contributed by atoms with E-state index >= 15 is 0 Å². The van der Waals surface area contributed by atoms with Crippen LogP contribution < -0.4 is 10.5 Å². The van der Waals surface area contributed by atoms with Crippen LogP contribution in [0.2, 0.25) is 0 Å². The average molecular weight is 154 g/mol. The molecular formula is C6H10N4O. The van der Waals surface area contributed by atoms with Gasteiger partial charge in [-0.05, 0) is 6.92 Å². The van der Waals surface area contributed by atoms with Crippen molar-refractivity contribution in [3.8, 4) is 0 Å². The molecule has 0 amide bonds. The molecular weight excluding hydrogens is 144 g/mol. The molecule has 1 heterocycles. The van der Waals surface area contributed by atoms with Crippen molar-refractivity contribution in [1.82, 2.24) is 15.2 Å².